The van der Waals surface area contributed by atoms with Crippen LogP contribution in [0.3, 0.4) is 0 Å². The molecule has 0 aliphatic carbocycles. The summed E-state index contributed by atoms with van der Waals surface area (Å²) in [6.07, 6.45) is -0.808. The number of nitrogens with two attached hydrogens (primary N) is 1. The highest BCUT2D eigenvalue weighted by Gasteiger charge is 2.12. The first kappa shape index (κ1) is 10.5. The van der Waals surface area contributed by atoms with E-state index >= 15 is 0 Å². The van der Waals surface area contributed by atoms with Gasteiger partial charge in [0.2, 0.25) is 0 Å². The van der Waals surface area contributed by atoms with Gasteiger partial charge in [-0.15, -0.1) is 0 Å². The number of benzene rings is 1. The number of halogens is 1. The van der Waals surface area contributed by atoms with Crippen molar-refractivity contribution in [1.82, 2.24) is 0 Å². The second-order valence-electron chi connectivity index (χ2n) is 2.91. The molecule has 0 aromatic heterocycles. The molecular weight excluding hydrogens is 234 g/mol. The van der Waals surface area contributed by atoms with E-state index in [-0.39, 0.29) is 12.3 Å². The molecule has 3 nitrogen and oxygen atoms in total. The topological polar surface area (TPSA) is 66.5 Å². The Kier molecular flexibility index (Phi) is 3.30. The van der Waals surface area contributed by atoms with Gasteiger partial charge in [0.05, 0.1) is 6.10 Å². The van der Waals surface area contributed by atoms with Crippen LogP contribution in [-0.2, 0) is 0 Å². The average molecular weight is 246 g/mol. The van der Waals surface area contributed by atoms with Gasteiger partial charge in [-0.1, -0.05) is 15.9 Å². The number of rotatable bonds is 2. The summed E-state index contributed by atoms with van der Waals surface area (Å²) in [6.45, 7) is 1.96. The van der Waals surface area contributed by atoms with E-state index in [1.54, 1.807) is 12.1 Å². The van der Waals surface area contributed by atoms with Crippen LogP contribution in [0.1, 0.15) is 17.2 Å². The largest absolute Gasteiger partial charge is 0.508 e. The molecule has 1 atom stereocenters. The Morgan fingerprint density at radius 2 is 2.15 bits per heavy atom. The first-order valence-corrected chi connectivity index (χ1v) is 4.72. The molecule has 1 aromatic carbocycles. The maximum Gasteiger partial charge on any atom is 0.121 e. The molecule has 0 fully saturated rings. The molecule has 1 rings (SSSR count). The summed E-state index contributed by atoms with van der Waals surface area (Å²) < 4.78 is 0.854. The third-order valence-corrected chi connectivity index (χ3v) is 2.74. The SMILES string of the molecule is Cc1cc(O)c(C(O)CN)cc1Br. The molecule has 0 bridgehead atoms. The van der Waals surface area contributed by atoms with Crippen molar-refractivity contribution >= 4 is 15.9 Å². The van der Waals surface area contributed by atoms with Crippen LogP contribution >= 0.6 is 15.9 Å². The van der Waals surface area contributed by atoms with Crippen LogP contribution < -0.4 is 5.73 Å². The van der Waals surface area contributed by atoms with Crippen LogP contribution in [0, 0.1) is 6.92 Å². The first-order valence-electron chi connectivity index (χ1n) is 3.93. The molecule has 0 aliphatic rings. The molecule has 4 heteroatoms. The third-order valence-electron chi connectivity index (χ3n) is 1.89. The van der Waals surface area contributed by atoms with Crippen molar-refractivity contribution in [2.24, 2.45) is 5.73 Å². The van der Waals surface area contributed by atoms with E-state index in [2.05, 4.69) is 15.9 Å². The van der Waals surface area contributed by atoms with Crippen LogP contribution in [0.5, 0.6) is 5.75 Å². The number of phenols is 1. The smallest absolute Gasteiger partial charge is 0.121 e. The van der Waals surface area contributed by atoms with Crippen molar-refractivity contribution < 1.29 is 10.2 Å². The first-order chi connectivity index (χ1) is 6.06. The molecule has 72 valence electrons. The zero-order chi connectivity index (χ0) is 10.0. The Balaban J connectivity index is 3.15. The predicted octanol–water partition coefficient (Wildman–Crippen LogP) is 1.46. The molecule has 1 aromatic rings. The van der Waals surface area contributed by atoms with Gasteiger partial charge in [-0.3, -0.25) is 0 Å². The van der Waals surface area contributed by atoms with E-state index in [1.807, 2.05) is 6.92 Å². The van der Waals surface area contributed by atoms with Crippen molar-refractivity contribution in [3.05, 3.63) is 27.7 Å². The minimum atomic E-state index is -0.808. The Morgan fingerprint density at radius 1 is 1.54 bits per heavy atom. The van der Waals surface area contributed by atoms with Crippen LogP contribution in [0.2, 0.25) is 0 Å². The Labute approximate surface area is 85.3 Å². The number of aliphatic hydroxyl groups is 1. The lowest BCUT2D eigenvalue weighted by atomic mass is 10.1. The molecular formula is C9H12BrNO2. The van der Waals surface area contributed by atoms with Gasteiger partial charge in [-0.25, -0.2) is 0 Å². The van der Waals surface area contributed by atoms with E-state index in [0.717, 1.165) is 10.0 Å². The zero-order valence-electron chi connectivity index (χ0n) is 7.29. The van der Waals surface area contributed by atoms with Gasteiger partial charge in [-0.2, -0.15) is 0 Å². The number of aromatic hydroxyl groups is 1. The van der Waals surface area contributed by atoms with Crippen LogP contribution in [0.15, 0.2) is 16.6 Å². The van der Waals surface area contributed by atoms with Crippen molar-refractivity contribution in [1.29, 1.82) is 0 Å². The molecule has 1 unspecified atom stereocenters. The Morgan fingerprint density at radius 3 is 2.69 bits per heavy atom. The van der Waals surface area contributed by atoms with Crippen molar-refractivity contribution in [3.8, 4) is 5.75 Å². The summed E-state index contributed by atoms with van der Waals surface area (Å²) >= 11 is 3.31. The van der Waals surface area contributed by atoms with Crippen molar-refractivity contribution in [2.45, 2.75) is 13.0 Å². The van der Waals surface area contributed by atoms with Crippen LogP contribution in [0.4, 0.5) is 0 Å². The van der Waals surface area contributed by atoms with E-state index in [9.17, 15) is 10.2 Å². The lowest BCUT2D eigenvalue weighted by Gasteiger charge is -2.11. The molecule has 0 saturated heterocycles. The predicted molar refractivity (Wildman–Crippen MR) is 54.6 cm³/mol. The quantitative estimate of drug-likeness (QED) is 0.739. The maximum atomic E-state index is 9.48. The van der Waals surface area contributed by atoms with E-state index in [4.69, 9.17) is 5.73 Å². The van der Waals surface area contributed by atoms with E-state index in [0.29, 0.717) is 5.56 Å². The lowest BCUT2D eigenvalue weighted by molar-refractivity contribution is 0.182. The molecule has 0 heterocycles. The van der Waals surface area contributed by atoms with Crippen LogP contribution in [0.25, 0.3) is 0 Å². The minimum absolute atomic E-state index is 0.0821. The van der Waals surface area contributed by atoms with Gasteiger partial charge in [-0.05, 0) is 24.6 Å². The summed E-state index contributed by atoms with van der Waals surface area (Å²) in [6, 6.07) is 3.28. The summed E-state index contributed by atoms with van der Waals surface area (Å²) in [4.78, 5) is 0. The summed E-state index contributed by atoms with van der Waals surface area (Å²) in [5, 5.41) is 18.9. The highest BCUT2D eigenvalue weighted by Crippen LogP contribution is 2.29. The number of hydrogen-bond acceptors (Lipinski definition) is 3. The monoisotopic (exact) mass is 245 g/mol. The molecule has 0 saturated carbocycles. The highest BCUT2D eigenvalue weighted by molar-refractivity contribution is 9.10. The zero-order valence-corrected chi connectivity index (χ0v) is 8.87. The van der Waals surface area contributed by atoms with Gasteiger partial charge < -0.3 is 15.9 Å². The molecule has 0 aliphatic heterocycles. The number of phenolic OH excluding ortho intramolecular Hbond substituents is 1. The van der Waals surface area contributed by atoms with E-state index in [1.165, 1.54) is 0 Å². The normalized spacial score (nSPS) is 12.9. The standard InChI is InChI=1S/C9H12BrNO2/c1-5-2-8(12)6(3-7(5)10)9(13)4-11/h2-3,9,12-13H,4,11H2,1H3. The number of aliphatic hydroxyl groups excluding tert-OH is 1. The highest BCUT2D eigenvalue weighted by atomic mass is 79.9. The molecule has 13 heavy (non-hydrogen) atoms. The Bertz CT molecular complexity index is 315. The number of hydrogen-bond donors (Lipinski definition) is 3. The summed E-state index contributed by atoms with van der Waals surface area (Å²) in [5.41, 5.74) is 6.66. The molecule has 0 amide bonds. The second kappa shape index (κ2) is 4.09. The summed E-state index contributed by atoms with van der Waals surface area (Å²) in [7, 11) is 0. The van der Waals surface area contributed by atoms with Gasteiger partial charge in [0.1, 0.15) is 5.75 Å². The fourth-order valence-corrected chi connectivity index (χ4v) is 1.44. The second-order valence-corrected chi connectivity index (χ2v) is 3.77. The van der Waals surface area contributed by atoms with Gasteiger partial charge in [0.15, 0.2) is 0 Å². The average Bonchev–Trinajstić information content (AvgIpc) is 2.10. The van der Waals surface area contributed by atoms with Gasteiger partial charge in [0, 0.05) is 16.6 Å². The molecule has 4 N–H and O–H groups in total. The summed E-state index contributed by atoms with van der Waals surface area (Å²) in [5.74, 6) is 0.0821. The molecule has 0 spiro atoms. The van der Waals surface area contributed by atoms with Gasteiger partial charge >= 0.3 is 0 Å². The van der Waals surface area contributed by atoms with Crippen molar-refractivity contribution in [2.75, 3.05) is 6.54 Å². The fraction of sp³-hybridized carbons (Fsp3) is 0.333. The maximum absolute atomic E-state index is 9.48. The third kappa shape index (κ3) is 2.21. The van der Waals surface area contributed by atoms with Crippen molar-refractivity contribution in [3.63, 3.8) is 0 Å². The van der Waals surface area contributed by atoms with E-state index < -0.39 is 6.10 Å². The number of aryl methyl sites for hydroxylation is 1. The Hall–Kier alpha value is -0.580. The van der Waals surface area contributed by atoms with Crippen LogP contribution in [-0.4, -0.2) is 16.8 Å². The minimum Gasteiger partial charge on any atom is -0.508 e. The van der Waals surface area contributed by atoms with Gasteiger partial charge in [0.25, 0.3) is 0 Å². The fourth-order valence-electron chi connectivity index (χ4n) is 1.08. The molecule has 0 radical (unpaired) electrons. The lowest BCUT2D eigenvalue weighted by Crippen LogP contribution is -2.11.